The van der Waals surface area contributed by atoms with Crippen LogP contribution in [0.1, 0.15) is 18.1 Å². The molecule has 0 amide bonds. The summed E-state index contributed by atoms with van der Waals surface area (Å²) in [7, 11) is 0. The van der Waals surface area contributed by atoms with Gasteiger partial charge >= 0.3 is 0 Å². The number of nitrogens with zero attached hydrogens (tertiary/aromatic N) is 2. The maximum atomic E-state index is 5.17. The highest BCUT2D eigenvalue weighted by atomic mass is 14.9. The van der Waals surface area contributed by atoms with Crippen LogP contribution in [0.2, 0.25) is 0 Å². The molecule has 0 bridgehead atoms. The van der Waals surface area contributed by atoms with Crippen molar-refractivity contribution in [3.63, 3.8) is 0 Å². The standard InChI is InChI=1S/C41H32N4/c1-5-14-28(15-6-1)32-24-25-33(29-16-7-2-8-17-29)39-38(32)42-36(43-39)22-13-23-37-44-40-34(30-18-9-3-10-19-30)26-27-35(41(40)45-37)31-20-11-4-12-21-31/h1-12,14-21,24-27H,13,22-23H2,(H,42,43)(H,44,45). The second-order valence-corrected chi connectivity index (χ2v) is 11.5. The smallest absolute Gasteiger partial charge is 0.107 e. The van der Waals surface area contributed by atoms with Crippen molar-refractivity contribution in [2.45, 2.75) is 19.3 Å². The van der Waals surface area contributed by atoms with Crippen LogP contribution in [-0.2, 0) is 12.8 Å². The molecule has 0 aliphatic heterocycles. The van der Waals surface area contributed by atoms with E-state index < -0.39 is 0 Å². The molecule has 216 valence electrons. The monoisotopic (exact) mass is 580 g/mol. The van der Waals surface area contributed by atoms with Crippen molar-refractivity contribution >= 4 is 22.1 Å². The van der Waals surface area contributed by atoms with Crippen molar-refractivity contribution in [2.75, 3.05) is 0 Å². The van der Waals surface area contributed by atoms with E-state index in [1.54, 1.807) is 0 Å². The van der Waals surface area contributed by atoms with Crippen LogP contribution in [0.3, 0.4) is 0 Å². The highest BCUT2D eigenvalue weighted by Gasteiger charge is 2.16. The van der Waals surface area contributed by atoms with Gasteiger partial charge in [0.15, 0.2) is 0 Å². The van der Waals surface area contributed by atoms with Crippen molar-refractivity contribution in [1.29, 1.82) is 0 Å². The van der Waals surface area contributed by atoms with E-state index >= 15 is 0 Å². The van der Waals surface area contributed by atoms with Crippen LogP contribution in [0.25, 0.3) is 66.6 Å². The lowest BCUT2D eigenvalue weighted by Gasteiger charge is -2.07. The predicted octanol–water partition coefficient (Wildman–Crippen LogP) is 10.3. The van der Waals surface area contributed by atoms with Crippen molar-refractivity contribution in [2.24, 2.45) is 0 Å². The number of hydrogen-bond donors (Lipinski definition) is 2. The number of H-pyrrole nitrogens is 2. The van der Waals surface area contributed by atoms with E-state index in [4.69, 9.17) is 9.97 Å². The van der Waals surface area contributed by atoms with E-state index in [1.807, 2.05) is 0 Å². The Morgan fingerprint density at radius 1 is 0.356 bits per heavy atom. The fourth-order valence-corrected chi connectivity index (χ4v) is 6.36. The van der Waals surface area contributed by atoms with Gasteiger partial charge in [0.2, 0.25) is 0 Å². The SMILES string of the molecule is c1ccc(-c2ccc(-c3ccccc3)c3[nH]c(CCCc4nc5c(-c6ccccc6)ccc(-c6ccccc6)c5[nH]4)nc23)cc1. The van der Waals surface area contributed by atoms with Gasteiger partial charge in [-0.1, -0.05) is 146 Å². The first-order valence-electron chi connectivity index (χ1n) is 15.6. The van der Waals surface area contributed by atoms with Crippen molar-refractivity contribution in [3.05, 3.63) is 157 Å². The lowest BCUT2D eigenvalue weighted by Crippen LogP contribution is -1.94. The molecule has 0 fully saturated rings. The number of rotatable bonds is 8. The number of hydrogen-bond acceptors (Lipinski definition) is 2. The Hall–Kier alpha value is -5.74. The molecule has 0 aliphatic carbocycles. The molecule has 0 saturated heterocycles. The van der Waals surface area contributed by atoms with Crippen LogP contribution in [0.15, 0.2) is 146 Å². The summed E-state index contributed by atoms with van der Waals surface area (Å²) < 4.78 is 0. The van der Waals surface area contributed by atoms with Crippen molar-refractivity contribution < 1.29 is 0 Å². The molecule has 0 unspecified atom stereocenters. The minimum Gasteiger partial charge on any atom is -0.341 e. The van der Waals surface area contributed by atoms with E-state index in [0.29, 0.717) is 0 Å². The Morgan fingerprint density at radius 2 is 0.667 bits per heavy atom. The molecule has 2 N–H and O–H groups in total. The molecule has 0 aliphatic rings. The number of imidazole rings is 2. The summed E-state index contributed by atoms with van der Waals surface area (Å²) in [4.78, 5) is 17.8. The van der Waals surface area contributed by atoms with Gasteiger partial charge in [0, 0.05) is 35.1 Å². The average molecular weight is 581 g/mol. The van der Waals surface area contributed by atoms with E-state index in [9.17, 15) is 0 Å². The van der Waals surface area contributed by atoms with Gasteiger partial charge in [-0.2, -0.15) is 0 Å². The first-order chi connectivity index (χ1) is 22.3. The number of benzene rings is 6. The van der Waals surface area contributed by atoms with Crippen LogP contribution >= 0.6 is 0 Å². The van der Waals surface area contributed by atoms with Gasteiger partial charge in [0.25, 0.3) is 0 Å². The Balaban J connectivity index is 1.13. The summed E-state index contributed by atoms with van der Waals surface area (Å²) in [6.07, 6.45) is 2.57. The van der Waals surface area contributed by atoms with Gasteiger partial charge in [0.1, 0.15) is 11.6 Å². The van der Waals surface area contributed by atoms with Gasteiger partial charge in [-0.25, -0.2) is 9.97 Å². The number of nitrogens with one attached hydrogen (secondary N) is 2. The molecule has 45 heavy (non-hydrogen) atoms. The minimum absolute atomic E-state index is 0.825. The third-order valence-corrected chi connectivity index (χ3v) is 8.55. The number of aryl methyl sites for hydroxylation is 2. The third kappa shape index (κ3) is 5.21. The molecule has 0 radical (unpaired) electrons. The molecule has 2 aromatic heterocycles. The van der Waals surface area contributed by atoms with Gasteiger partial charge in [-0.05, 0) is 28.7 Å². The summed E-state index contributed by atoms with van der Waals surface area (Å²) in [5.74, 6) is 1.99. The highest BCUT2D eigenvalue weighted by molar-refractivity contribution is 6.02. The van der Waals surface area contributed by atoms with Crippen LogP contribution < -0.4 is 0 Å². The minimum atomic E-state index is 0.825. The van der Waals surface area contributed by atoms with Crippen molar-refractivity contribution in [3.8, 4) is 44.5 Å². The van der Waals surface area contributed by atoms with Crippen LogP contribution in [0, 0.1) is 0 Å². The molecule has 2 heterocycles. The van der Waals surface area contributed by atoms with E-state index in [2.05, 4.69) is 156 Å². The quantitative estimate of drug-likeness (QED) is 0.188. The van der Waals surface area contributed by atoms with E-state index in [-0.39, 0.29) is 0 Å². The molecule has 8 rings (SSSR count). The lowest BCUT2D eigenvalue weighted by atomic mass is 9.98. The zero-order valence-corrected chi connectivity index (χ0v) is 24.9. The number of aromatic amines is 2. The first-order valence-corrected chi connectivity index (χ1v) is 15.6. The molecular formula is C41H32N4. The molecular weight excluding hydrogens is 548 g/mol. The number of aromatic nitrogens is 4. The Kier molecular flexibility index (Phi) is 7.01. The Bertz CT molecular complexity index is 1900. The van der Waals surface area contributed by atoms with Gasteiger partial charge < -0.3 is 9.97 Å². The summed E-state index contributed by atoms with van der Waals surface area (Å²) in [6.45, 7) is 0. The second-order valence-electron chi connectivity index (χ2n) is 11.5. The van der Waals surface area contributed by atoms with Gasteiger partial charge in [0.05, 0.1) is 22.1 Å². The maximum Gasteiger partial charge on any atom is 0.107 e. The fraction of sp³-hybridized carbons (Fsp3) is 0.0732. The second kappa shape index (κ2) is 11.7. The normalized spacial score (nSPS) is 11.4. The predicted molar refractivity (Wildman–Crippen MR) is 186 cm³/mol. The zero-order chi connectivity index (χ0) is 30.0. The van der Waals surface area contributed by atoms with Crippen molar-refractivity contribution in [1.82, 2.24) is 19.9 Å². The molecule has 4 heteroatoms. The molecule has 0 atom stereocenters. The molecule has 0 spiro atoms. The summed E-state index contributed by atoms with van der Waals surface area (Å²) in [6, 6.07) is 51.0. The lowest BCUT2D eigenvalue weighted by molar-refractivity contribution is 0.759. The van der Waals surface area contributed by atoms with Gasteiger partial charge in [-0.3, -0.25) is 0 Å². The molecule has 6 aromatic carbocycles. The Labute approximate surface area is 262 Å². The molecule has 8 aromatic rings. The summed E-state index contributed by atoms with van der Waals surface area (Å²) in [5, 5.41) is 0. The van der Waals surface area contributed by atoms with Crippen LogP contribution in [0.4, 0.5) is 0 Å². The topological polar surface area (TPSA) is 57.4 Å². The largest absolute Gasteiger partial charge is 0.341 e. The Morgan fingerprint density at radius 3 is 1.02 bits per heavy atom. The molecule has 0 saturated carbocycles. The zero-order valence-electron chi connectivity index (χ0n) is 24.9. The average Bonchev–Trinajstić information content (AvgIpc) is 3.74. The van der Waals surface area contributed by atoms with E-state index in [0.717, 1.165) is 64.1 Å². The van der Waals surface area contributed by atoms with E-state index in [1.165, 1.54) is 33.4 Å². The highest BCUT2D eigenvalue weighted by Crippen LogP contribution is 2.36. The van der Waals surface area contributed by atoms with Gasteiger partial charge in [-0.15, -0.1) is 0 Å². The summed E-state index contributed by atoms with van der Waals surface area (Å²) in [5.41, 5.74) is 13.5. The van der Waals surface area contributed by atoms with Crippen LogP contribution in [0.5, 0.6) is 0 Å². The number of fused-ring (bicyclic) bond motifs is 2. The fourth-order valence-electron chi connectivity index (χ4n) is 6.36. The molecule has 4 nitrogen and oxygen atoms in total. The first kappa shape index (κ1) is 26.9. The maximum absolute atomic E-state index is 5.17. The third-order valence-electron chi connectivity index (χ3n) is 8.55. The summed E-state index contributed by atoms with van der Waals surface area (Å²) >= 11 is 0. The van der Waals surface area contributed by atoms with Crippen LogP contribution in [-0.4, -0.2) is 19.9 Å².